The zero-order valence-electron chi connectivity index (χ0n) is 13.3. The Morgan fingerprint density at radius 1 is 1.43 bits per heavy atom. The minimum atomic E-state index is -0.615. The summed E-state index contributed by atoms with van der Waals surface area (Å²) < 4.78 is 0. The van der Waals surface area contributed by atoms with Crippen LogP contribution in [0.3, 0.4) is 0 Å². The van der Waals surface area contributed by atoms with Gasteiger partial charge in [0, 0.05) is 24.5 Å². The number of β-amino-alcohol motifs (C(OH)–C–C–N with tert-alkyl or cyclic N) is 1. The topological polar surface area (TPSA) is 78.6 Å². The number of nitrogens with two attached hydrogens (primary N) is 1. The highest BCUT2D eigenvalue weighted by atomic mass is 16.3. The van der Waals surface area contributed by atoms with Crippen molar-refractivity contribution in [3.05, 3.63) is 0 Å². The van der Waals surface area contributed by atoms with Crippen molar-refractivity contribution in [2.45, 2.75) is 50.7 Å². The summed E-state index contributed by atoms with van der Waals surface area (Å²) in [6.45, 7) is 7.59. The predicted octanol–water partition coefficient (Wildman–Crippen LogP) is 0.323. The average molecular weight is 295 g/mol. The molecule has 1 saturated carbocycles. The minimum absolute atomic E-state index is 0.0603. The van der Waals surface area contributed by atoms with Crippen LogP contribution in [0.4, 0.5) is 0 Å². The van der Waals surface area contributed by atoms with Crippen molar-refractivity contribution in [3.63, 3.8) is 0 Å². The summed E-state index contributed by atoms with van der Waals surface area (Å²) in [4.78, 5) is 13.8. The quantitative estimate of drug-likeness (QED) is 0.698. The number of carbonyl (C=O) groups excluding carboxylic acids is 1. The largest absolute Gasteiger partial charge is 0.389 e. The van der Waals surface area contributed by atoms with Crippen LogP contribution in [0, 0.1) is 17.8 Å². The third-order valence-corrected chi connectivity index (χ3v) is 5.61. The molecule has 1 aliphatic carbocycles. The number of carbonyl (C=O) groups is 1. The maximum absolute atomic E-state index is 11.5. The standard InChI is InChI=1S/C16H29N3O2/c1-15(2,21)10-19-6-4-12(9-19)13-8-16(13)7-11(14(17)20)3-5-18-16/h11-13,18,21H,3-10H2,1-2H3,(H2,17,20)/t11?,12-,13?,16?/m1/s1. The van der Waals surface area contributed by atoms with E-state index in [1.165, 1.54) is 12.8 Å². The van der Waals surface area contributed by atoms with Gasteiger partial charge in [-0.2, -0.15) is 0 Å². The molecular weight excluding hydrogens is 266 g/mol. The Balaban J connectivity index is 1.55. The van der Waals surface area contributed by atoms with Crippen LogP contribution in [-0.4, -0.2) is 53.2 Å². The van der Waals surface area contributed by atoms with Crippen molar-refractivity contribution in [2.24, 2.45) is 23.5 Å². The lowest BCUT2D eigenvalue weighted by Gasteiger charge is -2.31. The lowest BCUT2D eigenvalue weighted by Crippen LogP contribution is -2.46. The van der Waals surface area contributed by atoms with Gasteiger partial charge in [0.1, 0.15) is 0 Å². The summed E-state index contributed by atoms with van der Waals surface area (Å²) in [5.74, 6) is 1.32. The fourth-order valence-electron chi connectivity index (χ4n) is 4.62. The van der Waals surface area contributed by atoms with Crippen molar-refractivity contribution < 1.29 is 9.90 Å². The highest BCUT2D eigenvalue weighted by Gasteiger charge is 2.59. The number of hydrogen-bond acceptors (Lipinski definition) is 4. The summed E-state index contributed by atoms with van der Waals surface area (Å²) in [6.07, 6.45) is 4.22. The van der Waals surface area contributed by atoms with Gasteiger partial charge < -0.3 is 21.1 Å². The highest BCUT2D eigenvalue weighted by Crippen LogP contribution is 2.55. The molecule has 1 spiro atoms. The van der Waals surface area contributed by atoms with Crippen LogP contribution in [0.5, 0.6) is 0 Å². The van der Waals surface area contributed by atoms with Crippen molar-refractivity contribution >= 4 is 5.91 Å². The van der Waals surface area contributed by atoms with Gasteiger partial charge in [-0.1, -0.05) is 0 Å². The number of piperidine rings is 1. The summed E-state index contributed by atoms with van der Waals surface area (Å²) in [5.41, 5.74) is 5.08. The molecule has 0 aromatic carbocycles. The normalized spacial score (nSPS) is 40.6. The molecule has 2 heterocycles. The third-order valence-electron chi connectivity index (χ3n) is 5.61. The molecule has 21 heavy (non-hydrogen) atoms. The molecular formula is C16H29N3O2. The second-order valence-electron chi connectivity index (χ2n) is 8.08. The number of nitrogens with zero attached hydrogens (tertiary/aromatic N) is 1. The maximum Gasteiger partial charge on any atom is 0.220 e. The van der Waals surface area contributed by atoms with E-state index in [1.807, 2.05) is 13.8 Å². The molecule has 0 bridgehead atoms. The average Bonchev–Trinajstić information content (AvgIpc) is 2.85. The zero-order valence-corrected chi connectivity index (χ0v) is 13.3. The van der Waals surface area contributed by atoms with E-state index in [4.69, 9.17) is 5.73 Å². The number of aliphatic hydroxyl groups is 1. The van der Waals surface area contributed by atoms with Gasteiger partial charge in [-0.05, 0) is 64.5 Å². The van der Waals surface area contributed by atoms with E-state index < -0.39 is 5.60 Å². The van der Waals surface area contributed by atoms with Gasteiger partial charge in [0.05, 0.1) is 5.60 Å². The van der Waals surface area contributed by atoms with Crippen LogP contribution in [0.15, 0.2) is 0 Å². The molecule has 3 fully saturated rings. The summed E-state index contributed by atoms with van der Waals surface area (Å²) in [5, 5.41) is 13.6. The first-order valence-electron chi connectivity index (χ1n) is 8.28. The molecule has 0 aromatic rings. The third kappa shape index (κ3) is 3.25. The molecule has 2 aliphatic heterocycles. The van der Waals surface area contributed by atoms with Crippen LogP contribution >= 0.6 is 0 Å². The van der Waals surface area contributed by atoms with Crippen LogP contribution in [0.25, 0.3) is 0 Å². The van der Waals surface area contributed by atoms with E-state index >= 15 is 0 Å². The summed E-state index contributed by atoms with van der Waals surface area (Å²) in [7, 11) is 0. The molecule has 5 heteroatoms. The number of primary amides is 1. The van der Waals surface area contributed by atoms with E-state index in [0.717, 1.165) is 39.0 Å². The number of amides is 1. The van der Waals surface area contributed by atoms with Crippen LogP contribution < -0.4 is 11.1 Å². The Morgan fingerprint density at radius 3 is 2.86 bits per heavy atom. The second kappa shape index (κ2) is 5.21. The van der Waals surface area contributed by atoms with Crippen LogP contribution in [-0.2, 0) is 4.79 Å². The van der Waals surface area contributed by atoms with E-state index in [2.05, 4.69) is 10.2 Å². The number of rotatable bonds is 4. The van der Waals surface area contributed by atoms with E-state index in [1.54, 1.807) is 0 Å². The first-order valence-corrected chi connectivity index (χ1v) is 8.28. The van der Waals surface area contributed by atoms with E-state index in [-0.39, 0.29) is 17.4 Å². The van der Waals surface area contributed by atoms with Gasteiger partial charge in [0.2, 0.25) is 5.91 Å². The fraction of sp³-hybridized carbons (Fsp3) is 0.938. The zero-order chi connectivity index (χ0) is 15.3. The Hall–Kier alpha value is -0.650. The Labute approximate surface area is 127 Å². The number of likely N-dealkylation sites (tertiary alicyclic amines) is 1. The predicted molar refractivity (Wildman–Crippen MR) is 81.6 cm³/mol. The smallest absolute Gasteiger partial charge is 0.220 e. The van der Waals surface area contributed by atoms with E-state index in [0.29, 0.717) is 11.8 Å². The molecule has 2 saturated heterocycles. The van der Waals surface area contributed by atoms with Gasteiger partial charge in [-0.15, -0.1) is 0 Å². The van der Waals surface area contributed by atoms with Crippen molar-refractivity contribution in [1.29, 1.82) is 0 Å². The van der Waals surface area contributed by atoms with Gasteiger partial charge in [0.15, 0.2) is 0 Å². The minimum Gasteiger partial charge on any atom is -0.389 e. The van der Waals surface area contributed by atoms with Gasteiger partial charge in [-0.25, -0.2) is 0 Å². The first kappa shape index (κ1) is 15.3. The van der Waals surface area contributed by atoms with Gasteiger partial charge >= 0.3 is 0 Å². The lowest BCUT2D eigenvalue weighted by molar-refractivity contribution is -0.123. The van der Waals surface area contributed by atoms with Crippen LogP contribution in [0.1, 0.15) is 39.5 Å². The van der Waals surface area contributed by atoms with Crippen molar-refractivity contribution in [3.8, 4) is 0 Å². The van der Waals surface area contributed by atoms with Gasteiger partial charge in [0.25, 0.3) is 0 Å². The van der Waals surface area contributed by atoms with E-state index in [9.17, 15) is 9.90 Å². The van der Waals surface area contributed by atoms with Gasteiger partial charge in [-0.3, -0.25) is 4.79 Å². The maximum atomic E-state index is 11.5. The fourth-order valence-corrected chi connectivity index (χ4v) is 4.62. The molecule has 5 nitrogen and oxygen atoms in total. The molecule has 0 aromatic heterocycles. The lowest BCUT2D eigenvalue weighted by atomic mass is 9.86. The monoisotopic (exact) mass is 295 g/mol. The highest BCUT2D eigenvalue weighted by molar-refractivity contribution is 5.77. The number of nitrogens with one attached hydrogen (secondary N) is 1. The Bertz CT molecular complexity index is 420. The summed E-state index contributed by atoms with van der Waals surface area (Å²) >= 11 is 0. The Kier molecular flexibility index (Phi) is 3.79. The van der Waals surface area contributed by atoms with Crippen LogP contribution in [0.2, 0.25) is 0 Å². The first-order chi connectivity index (χ1) is 9.79. The molecule has 3 unspecified atom stereocenters. The molecule has 3 rings (SSSR count). The molecule has 4 atom stereocenters. The SMILES string of the molecule is CC(C)(O)CN1CC[C@@H](C2CC23CC(C(N)=O)CCN3)C1. The molecule has 1 amide bonds. The molecule has 0 radical (unpaired) electrons. The number of hydrogen-bond donors (Lipinski definition) is 3. The molecule has 4 N–H and O–H groups in total. The molecule has 120 valence electrons. The Morgan fingerprint density at radius 2 is 2.19 bits per heavy atom. The second-order valence-corrected chi connectivity index (χ2v) is 8.08. The molecule has 3 aliphatic rings. The van der Waals surface area contributed by atoms with Crippen molar-refractivity contribution in [2.75, 3.05) is 26.2 Å². The summed E-state index contributed by atoms with van der Waals surface area (Å²) in [6, 6.07) is 0. The van der Waals surface area contributed by atoms with Crippen molar-refractivity contribution in [1.82, 2.24) is 10.2 Å².